The van der Waals surface area contributed by atoms with E-state index in [-0.39, 0.29) is 0 Å². The molecular formula is C13H10N4S. The third kappa shape index (κ3) is 1.94. The molecule has 0 atom stereocenters. The number of nitrogens with one attached hydrogen (secondary N) is 2. The van der Waals surface area contributed by atoms with E-state index in [0.717, 1.165) is 27.0 Å². The predicted octanol–water partition coefficient (Wildman–Crippen LogP) is 3.11. The van der Waals surface area contributed by atoms with E-state index in [2.05, 4.69) is 21.6 Å². The van der Waals surface area contributed by atoms with Crippen molar-refractivity contribution in [3.8, 4) is 6.07 Å². The first kappa shape index (κ1) is 10.8. The molecule has 0 fully saturated rings. The molecule has 4 nitrogen and oxygen atoms in total. The summed E-state index contributed by atoms with van der Waals surface area (Å²) in [6, 6.07) is 10.1. The topological polar surface area (TPSA) is 64.5 Å². The molecule has 0 amide bonds. The number of fused-ring (bicyclic) bond motifs is 1. The number of thiophene rings is 1. The van der Waals surface area contributed by atoms with Gasteiger partial charge in [-0.05, 0) is 12.1 Å². The molecule has 1 aromatic carbocycles. The van der Waals surface area contributed by atoms with E-state index in [0.29, 0.717) is 6.54 Å². The van der Waals surface area contributed by atoms with E-state index < -0.39 is 0 Å². The van der Waals surface area contributed by atoms with Gasteiger partial charge in [0, 0.05) is 22.2 Å². The summed E-state index contributed by atoms with van der Waals surface area (Å²) in [6.07, 6.45) is 1.81. The average molecular weight is 254 g/mol. The van der Waals surface area contributed by atoms with E-state index in [1.165, 1.54) is 0 Å². The minimum absolute atomic E-state index is 0.713. The lowest BCUT2D eigenvalue weighted by Crippen LogP contribution is -1.97. The van der Waals surface area contributed by atoms with Crippen molar-refractivity contribution in [1.29, 1.82) is 5.26 Å². The van der Waals surface area contributed by atoms with Crippen LogP contribution in [0.2, 0.25) is 0 Å². The largest absolute Gasteiger partial charge is 0.378 e. The fraction of sp³-hybridized carbons (Fsp3) is 0.0769. The highest BCUT2D eigenvalue weighted by Gasteiger charge is 2.03. The molecule has 0 spiro atoms. The summed E-state index contributed by atoms with van der Waals surface area (Å²) in [6.45, 7) is 0.713. The number of H-pyrrole nitrogens is 1. The van der Waals surface area contributed by atoms with Gasteiger partial charge in [0.05, 0.1) is 23.0 Å². The first-order valence-corrected chi connectivity index (χ1v) is 6.38. The van der Waals surface area contributed by atoms with Crippen LogP contribution in [0.3, 0.4) is 0 Å². The van der Waals surface area contributed by atoms with Crippen LogP contribution in [0.5, 0.6) is 0 Å². The van der Waals surface area contributed by atoms with Gasteiger partial charge in [0.25, 0.3) is 0 Å². The second-order valence-corrected chi connectivity index (χ2v) is 4.90. The van der Waals surface area contributed by atoms with Crippen LogP contribution in [-0.2, 0) is 6.54 Å². The summed E-state index contributed by atoms with van der Waals surface area (Å²) in [5, 5.41) is 22.1. The number of rotatable bonds is 3. The Morgan fingerprint density at radius 3 is 3.22 bits per heavy atom. The van der Waals surface area contributed by atoms with Crippen LogP contribution in [0.15, 0.2) is 35.8 Å². The van der Waals surface area contributed by atoms with Gasteiger partial charge in [0.1, 0.15) is 6.07 Å². The zero-order chi connectivity index (χ0) is 12.4. The van der Waals surface area contributed by atoms with Gasteiger partial charge < -0.3 is 5.32 Å². The molecule has 2 aromatic heterocycles. The van der Waals surface area contributed by atoms with Gasteiger partial charge in [0.2, 0.25) is 0 Å². The standard InChI is InChI=1S/C13H10N4S/c14-5-9-4-11(18-8-9)7-15-12-3-1-2-10-6-16-17-13(10)12/h1-4,6,8,15H,7H2,(H,16,17). The summed E-state index contributed by atoms with van der Waals surface area (Å²) >= 11 is 1.59. The van der Waals surface area contributed by atoms with Gasteiger partial charge in [-0.15, -0.1) is 11.3 Å². The smallest absolute Gasteiger partial charge is 0.100 e. The van der Waals surface area contributed by atoms with Crippen LogP contribution in [0.1, 0.15) is 10.4 Å². The highest BCUT2D eigenvalue weighted by molar-refractivity contribution is 7.10. The molecular weight excluding hydrogens is 244 g/mol. The van der Waals surface area contributed by atoms with Crippen molar-refractivity contribution in [2.45, 2.75) is 6.54 Å². The second-order valence-electron chi connectivity index (χ2n) is 3.91. The van der Waals surface area contributed by atoms with Crippen LogP contribution in [-0.4, -0.2) is 10.2 Å². The Labute approximate surface area is 108 Å². The van der Waals surface area contributed by atoms with E-state index in [9.17, 15) is 0 Å². The molecule has 2 heterocycles. The first-order chi connectivity index (χ1) is 8.86. The van der Waals surface area contributed by atoms with Gasteiger partial charge >= 0.3 is 0 Å². The normalized spacial score (nSPS) is 10.4. The molecule has 0 bridgehead atoms. The van der Waals surface area contributed by atoms with Crippen molar-refractivity contribution in [1.82, 2.24) is 10.2 Å². The summed E-state index contributed by atoms with van der Waals surface area (Å²) in [7, 11) is 0. The molecule has 88 valence electrons. The summed E-state index contributed by atoms with van der Waals surface area (Å²) in [5.41, 5.74) is 2.75. The molecule has 0 aliphatic heterocycles. The predicted molar refractivity (Wildman–Crippen MR) is 72.5 cm³/mol. The first-order valence-electron chi connectivity index (χ1n) is 5.50. The molecule has 0 saturated carbocycles. The number of benzene rings is 1. The third-order valence-corrected chi connectivity index (χ3v) is 3.65. The molecule has 3 aromatic rings. The van der Waals surface area contributed by atoms with E-state index in [1.54, 1.807) is 17.5 Å². The Hall–Kier alpha value is -2.32. The van der Waals surface area contributed by atoms with Gasteiger partial charge in [-0.2, -0.15) is 10.4 Å². The fourth-order valence-electron chi connectivity index (χ4n) is 1.83. The average Bonchev–Trinajstić information content (AvgIpc) is 3.05. The molecule has 0 aliphatic carbocycles. The Morgan fingerprint density at radius 1 is 1.44 bits per heavy atom. The number of aromatic nitrogens is 2. The highest BCUT2D eigenvalue weighted by atomic mass is 32.1. The van der Waals surface area contributed by atoms with Crippen LogP contribution in [0.4, 0.5) is 5.69 Å². The Kier molecular flexibility index (Phi) is 2.71. The zero-order valence-electron chi connectivity index (χ0n) is 9.47. The minimum Gasteiger partial charge on any atom is -0.378 e. The number of hydrogen-bond acceptors (Lipinski definition) is 4. The van der Waals surface area contributed by atoms with Crippen molar-refractivity contribution in [3.05, 3.63) is 46.3 Å². The van der Waals surface area contributed by atoms with Crippen molar-refractivity contribution < 1.29 is 0 Å². The van der Waals surface area contributed by atoms with Crippen molar-refractivity contribution in [3.63, 3.8) is 0 Å². The van der Waals surface area contributed by atoms with E-state index in [4.69, 9.17) is 5.26 Å². The van der Waals surface area contributed by atoms with Crippen LogP contribution >= 0.6 is 11.3 Å². The Morgan fingerprint density at radius 2 is 2.39 bits per heavy atom. The number of nitrogens with zero attached hydrogens (tertiary/aromatic N) is 2. The number of nitriles is 1. The summed E-state index contributed by atoms with van der Waals surface area (Å²) in [5.74, 6) is 0. The lowest BCUT2D eigenvalue weighted by molar-refractivity contribution is 1.11. The van der Waals surface area contributed by atoms with Crippen molar-refractivity contribution in [2.24, 2.45) is 0 Å². The quantitative estimate of drug-likeness (QED) is 0.754. The number of hydrogen-bond donors (Lipinski definition) is 2. The lowest BCUT2D eigenvalue weighted by atomic mass is 10.2. The van der Waals surface area contributed by atoms with Crippen LogP contribution in [0.25, 0.3) is 10.9 Å². The van der Waals surface area contributed by atoms with E-state index in [1.807, 2.05) is 29.6 Å². The minimum atomic E-state index is 0.713. The van der Waals surface area contributed by atoms with Gasteiger partial charge in [0.15, 0.2) is 0 Å². The molecule has 0 radical (unpaired) electrons. The molecule has 0 unspecified atom stereocenters. The molecule has 3 rings (SSSR count). The van der Waals surface area contributed by atoms with Gasteiger partial charge in [-0.1, -0.05) is 12.1 Å². The number of aromatic amines is 1. The maximum Gasteiger partial charge on any atom is 0.100 e. The SMILES string of the molecule is N#Cc1csc(CNc2cccc3cn[nH]c23)c1. The van der Waals surface area contributed by atoms with Crippen molar-refractivity contribution in [2.75, 3.05) is 5.32 Å². The van der Waals surface area contributed by atoms with Gasteiger partial charge in [-0.3, -0.25) is 5.10 Å². The molecule has 0 aliphatic rings. The molecule has 0 saturated heterocycles. The fourth-order valence-corrected chi connectivity index (χ4v) is 2.58. The van der Waals surface area contributed by atoms with Crippen molar-refractivity contribution >= 4 is 27.9 Å². The number of para-hydroxylation sites is 1. The molecule has 18 heavy (non-hydrogen) atoms. The summed E-state index contributed by atoms with van der Waals surface area (Å²) in [4.78, 5) is 1.14. The lowest BCUT2D eigenvalue weighted by Gasteiger charge is -2.05. The number of anilines is 1. The van der Waals surface area contributed by atoms with Crippen LogP contribution < -0.4 is 5.32 Å². The molecule has 2 N–H and O–H groups in total. The maximum atomic E-state index is 8.77. The molecule has 5 heteroatoms. The Balaban J connectivity index is 1.81. The second kappa shape index (κ2) is 4.51. The zero-order valence-corrected chi connectivity index (χ0v) is 10.3. The monoisotopic (exact) mass is 254 g/mol. The summed E-state index contributed by atoms with van der Waals surface area (Å²) < 4.78 is 0. The maximum absolute atomic E-state index is 8.77. The highest BCUT2D eigenvalue weighted by Crippen LogP contribution is 2.22. The van der Waals surface area contributed by atoms with Crippen LogP contribution in [0, 0.1) is 11.3 Å². The van der Waals surface area contributed by atoms with E-state index >= 15 is 0 Å². The Bertz CT molecular complexity index is 720. The van der Waals surface area contributed by atoms with Gasteiger partial charge in [-0.25, -0.2) is 0 Å². The third-order valence-electron chi connectivity index (χ3n) is 2.71.